The summed E-state index contributed by atoms with van der Waals surface area (Å²) >= 11 is 0. The predicted octanol–water partition coefficient (Wildman–Crippen LogP) is 1.63. The van der Waals surface area contributed by atoms with Gasteiger partial charge in [0.25, 0.3) is 0 Å². The summed E-state index contributed by atoms with van der Waals surface area (Å²) in [5.74, 6) is 0.732. The van der Waals surface area contributed by atoms with Crippen LogP contribution in [0.15, 0.2) is 11.6 Å². The predicted molar refractivity (Wildman–Crippen MR) is 94.9 cm³/mol. The number of epoxide rings is 1. The van der Waals surface area contributed by atoms with Crippen molar-refractivity contribution < 1.29 is 25.2 Å². The fourth-order valence-corrected chi connectivity index (χ4v) is 5.97. The minimum Gasteiger partial charge on any atom is -0.393 e. The maximum Gasteiger partial charge on any atom is 0.100 e. The summed E-state index contributed by atoms with van der Waals surface area (Å²) in [5, 5.41) is 39.1. The number of ether oxygens (including phenoxy) is 1. The summed E-state index contributed by atoms with van der Waals surface area (Å²) < 4.78 is 5.95. The minimum atomic E-state index is -1.00. The van der Waals surface area contributed by atoms with E-state index in [9.17, 15) is 15.3 Å². The summed E-state index contributed by atoms with van der Waals surface area (Å²) in [5.41, 5.74) is 0.360. The second-order valence-electron chi connectivity index (χ2n) is 9.25. The number of rotatable bonds is 5. The van der Waals surface area contributed by atoms with Crippen molar-refractivity contribution in [2.24, 2.45) is 22.7 Å². The zero-order valence-electron chi connectivity index (χ0n) is 15.7. The van der Waals surface area contributed by atoms with Crippen LogP contribution in [0, 0.1) is 22.7 Å². The minimum absolute atomic E-state index is 0.0682. The second-order valence-corrected chi connectivity index (χ2v) is 9.25. The Kier molecular flexibility index (Phi) is 5.10. The van der Waals surface area contributed by atoms with E-state index in [2.05, 4.69) is 20.8 Å². The van der Waals surface area contributed by atoms with Gasteiger partial charge in [0.1, 0.15) is 6.10 Å². The maximum atomic E-state index is 10.5. The highest BCUT2D eigenvalue weighted by Gasteiger charge is 2.65. The molecule has 0 amide bonds. The van der Waals surface area contributed by atoms with Crippen LogP contribution in [0.3, 0.4) is 0 Å². The van der Waals surface area contributed by atoms with Gasteiger partial charge in [-0.2, -0.15) is 0 Å². The summed E-state index contributed by atoms with van der Waals surface area (Å²) in [6, 6.07) is 0. The van der Waals surface area contributed by atoms with Gasteiger partial charge in [-0.25, -0.2) is 0 Å². The van der Waals surface area contributed by atoms with Crippen LogP contribution in [0.4, 0.5) is 0 Å². The largest absolute Gasteiger partial charge is 0.393 e. The monoisotopic (exact) mass is 354 g/mol. The van der Waals surface area contributed by atoms with Crippen LogP contribution < -0.4 is 0 Å². The van der Waals surface area contributed by atoms with Crippen molar-refractivity contribution >= 4 is 0 Å². The third-order valence-electron chi connectivity index (χ3n) is 7.71. The summed E-state index contributed by atoms with van der Waals surface area (Å²) in [7, 11) is 0. The average molecular weight is 354 g/mol. The molecule has 1 saturated heterocycles. The Morgan fingerprint density at radius 3 is 2.44 bits per heavy atom. The zero-order chi connectivity index (χ0) is 18.5. The van der Waals surface area contributed by atoms with Gasteiger partial charge in [0.2, 0.25) is 0 Å². The van der Waals surface area contributed by atoms with Crippen molar-refractivity contribution in [1.29, 1.82) is 0 Å². The first-order chi connectivity index (χ1) is 11.7. The van der Waals surface area contributed by atoms with E-state index in [4.69, 9.17) is 9.84 Å². The molecule has 6 atom stereocenters. The van der Waals surface area contributed by atoms with Gasteiger partial charge in [-0.15, -0.1) is 0 Å². The Morgan fingerprint density at radius 1 is 1.20 bits per heavy atom. The van der Waals surface area contributed by atoms with Crippen LogP contribution in [-0.2, 0) is 4.74 Å². The Labute approximate surface area is 150 Å². The van der Waals surface area contributed by atoms with Gasteiger partial charge in [0.05, 0.1) is 31.5 Å². The Morgan fingerprint density at radius 2 is 1.88 bits per heavy atom. The van der Waals surface area contributed by atoms with Crippen molar-refractivity contribution in [3.8, 4) is 0 Å². The van der Waals surface area contributed by atoms with Crippen molar-refractivity contribution in [1.82, 2.24) is 0 Å². The summed E-state index contributed by atoms with van der Waals surface area (Å²) in [4.78, 5) is 0. The molecule has 25 heavy (non-hydrogen) atoms. The molecule has 0 bridgehead atoms. The van der Waals surface area contributed by atoms with E-state index < -0.39 is 6.10 Å². The van der Waals surface area contributed by atoms with Crippen LogP contribution in [0.1, 0.15) is 52.9 Å². The molecule has 3 rings (SSSR count). The molecule has 4 N–H and O–H groups in total. The van der Waals surface area contributed by atoms with Crippen molar-refractivity contribution in [2.45, 2.75) is 70.7 Å². The van der Waals surface area contributed by atoms with E-state index in [1.165, 1.54) is 0 Å². The molecule has 0 unspecified atom stereocenters. The molecule has 3 fully saturated rings. The molecule has 5 nitrogen and oxygen atoms in total. The Balaban J connectivity index is 1.89. The Bertz CT molecular complexity index is 524. The SMILES string of the molecule is CC1(C)[C@H](O)CC[C@@]2(C)[C@H]1CC[C@@]1(CO1)[C@@H]2C/C=C(/CO)[C@H](O)CO. The number of allylic oxidation sites excluding steroid dienone is 1. The number of aliphatic hydroxyl groups excluding tert-OH is 4. The lowest BCUT2D eigenvalue weighted by Crippen LogP contribution is -2.58. The van der Waals surface area contributed by atoms with Crippen LogP contribution in [0.5, 0.6) is 0 Å². The fourth-order valence-electron chi connectivity index (χ4n) is 5.97. The highest BCUT2D eigenvalue weighted by atomic mass is 16.6. The van der Waals surface area contributed by atoms with Crippen molar-refractivity contribution in [2.75, 3.05) is 19.8 Å². The lowest BCUT2D eigenvalue weighted by molar-refractivity contribution is -0.153. The van der Waals surface area contributed by atoms with E-state index in [1.807, 2.05) is 6.08 Å². The molecule has 144 valence electrons. The molecule has 1 aliphatic heterocycles. The first kappa shape index (κ1) is 19.3. The standard InChI is InChI=1S/C20H34O5/c1-18(2)15-6-9-20(12-25-20)16(19(15,3)8-7-17(18)24)5-4-13(10-21)14(23)11-22/h4,14-17,21-24H,5-12H2,1-3H3/b13-4-/t14-,15+,16-,17-,19+,20-/m1/s1. The number of hydrogen-bond acceptors (Lipinski definition) is 5. The van der Waals surface area contributed by atoms with Gasteiger partial charge in [0.15, 0.2) is 0 Å². The van der Waals surface area contributed by atoms with E-state index in [-0.39, 0.29) is 35.7 Å². The van der Waals surface area contributed by atoms with Gasteiger partial charge in [0, 0.05) is 0 Å². The van der Waals surface area contributed by atoms with Gasteiger partial charge in [-0.05, 0) is 60.3 Å². The number of aliphatic hydroxyl groups is 4. The first-order valence-corrected chi connectivity index (χ1v) is 9.62. The molecule has 5 heteroatoms. The molecule has 3 aliphatic rings. The van der Waals surface area contributed by atoms with Crippen molar-refractivity contribution in [3.63, 3.8) is 0 Å². The van der Waals surface area contributed by atoms with E-state index >= 15 is 0 Å². The molecule has 0 aromatic carbocycles. The third kappa shape index (κ3) is 3.08. The normalized spacial score (nSPS) is 44.4. The van der Waals surface area contributed by atoms with Crippen LogP contribution in [0.2, 0.25) is 0 Å². The van der Waals surface area contributed by atoms with E-state index in [0.717, 1.165) is 38.7 Å². The van der Waals surface area contributed by atoms with E-state index in [1.54, 1.807) is 0 Å². The molecule has 2 aliphatic carbocycles. The maximum absolute atomic E-state index is 10.5. The van der Waals surface area contributed by atoms with Gasteiger partial charge >= 0.3 is 0 Å². The lowest BCUT2D eigenvalue weighted by Gasteiger charge is -2.60. The van der Waals surface area contributed by atoms with Gasteiger partial charge < -0.3 is 25.2 Å². The molecule has 2 saturated carbocycles. The molecular formula is C20H34O5. The molecule has 1 spiro atoms. The number of fused-ring (bicyclic) bond motifs is 1. The van der Waals surface area contributed by atoms with E-state index in [0.29, 0.717) is 17.4 Å². The zero-order valence-corrected chi connectivity index (χ0v) is 15.7. The summed E-state index contributed by atoms with van der Waals surface area (Å²) in [6.45, 7) is 6.88. The average Bonchev–Trinajstić information content (AvgIpc) is 3.34. The molecular weight excluding hydrogens is 320 g/mol. The van der Waals surface area contributed by atoms with Gasteiger partial charge in [-0.1, -0.05) is 26.8 Å². The van der Waals surface area contributed by atoms with Crippen LogP contribution >= 0.6 is 0 Å². The fraction of sp³-hybridized carbons (Fsp3) is 0.900. The van der Waals surface area contributed by atoms with Gasteiger partial charge in [-0.3, -0.25) is 0 Å². The van der Waals surface area contributed by atoms with Crippen LogP contribution in [-0.4, -0.2) is 58.1 Å². The topological polar surface area (TPSA) is 93.5 Å². The first-order valence-electron chi connectivity index (χ1n) is 9.62. The quantitative estimate of drug-likeness (QED) is 0.445. The highest BCUT2D eigenvalue weighted by Crippen LogP contribution is 2.66. The van der Waals surface area contributed by atoms with Crippen molar-refractivity contribution in [3.05, 3.63) is 11.6 Å². The smallest absolute Gasteiger partial charge is 0.100 e. The Hall–Kier alpha value is -0.460. The number of hydrogen-bond donors (Lipinski definition) is 4. The van der Waals surface area contributed by atoms with Crippen LogP contribution in [0.25, 0.3) is 0 Å². The summed E-state index contributed by atoms with van der Waals surface area (Å²) in [6.07, 6.45) is 5.24. The second kappa shape index (κ2) is 6.61. The molecule has 0 aromatic rings. The highest BCUT2D eigenvalue weighted by molar-refractivity contribution is 5.18. The molecule has 0 radical (unpaired) electrons. The lowest BCUT2D eigenvalue weighted by atomic mass is 9.45. The third-order valence-corrected chi connectivity index (χ3v) is 7.71. The molecule has 1 heterocycles. The molecule has 0 aromatic heterocycles.